The van der Waals surface area contributed by atoms with E-state index >= 15 is 0 Å². The third-order valence-electron chi connectivity index (χ3n) is 3.95. The van der Waals surface area contributed by atoms with Gasteiger partial charge in [-0.3, -0.25) is 23.7 Å². The summed E-state index contributed by atoms with van der Waals surface area (Å²) in [6.07, 6.45) is 1.22. The summed E-state index contributed by atoms with van der Waals surface area (Å²) in [7, 11) is 0. The molecular formula is C19H16FN5O4. The number of nitrogens with zero attached hydrogens (tertiary/aromatic N) is 2. The number of carbonyl (C=O) groups is 3. The van der Waals surface area contributed by atoms with Gasteiger partial charge in [0.2, 0.25) is 11.8 Å². The molecule has 0 unspecified atom stereocenters. The summed E-state index contributed by atoms with van der Waals surface area (Å²) in [5, 5.41) is 5.01. The zero-order valence-electron chi connectivity index (χ0n) is 15.0. The van der Waals surface area contributed by atoms with Gasteiger partial charge in [-0.25, -0.2) is 9.37 Å². The Morgan fingerprint density at radius 2 is 1.83 bits per heavy atom. The molecular weight excluding hydrogens is 381 g/mol. The Morgan fingerprint density at radius 3 is 2.52 bits per heavy atom. The minimum atomic E-state index is -0.664. The summed E-state index contributed by atoms with van der Waals surface area (Å²) in [4.78, 5) is 51.2. The lowest BCUT2D eigenvalue weighted by molar-refractivity contribution is -0.117. The Kier molecular flexibility index (Phi) is 5.63. The van der Waals surface area contributed by atoms with Crippen LogP contribution >= 0.6 is 0 Å². The predicted molar refractivity (Wildman–Crippen MR) is 103 cm³/mol. The number of hydrogen-bond acceptors (Lipinski definition) is 5. The Hall–Kier alpha value is -4.08. The lowest BCUT2D eigenvalue weighted by Crippen LogP contribution is -2.33. The molecule has 0 spiro atoms. The van der Waals surface area contributed by atoms with Crippen LogP contribution in [0.4, 0.5) is 10.1 Å². The van der Waals surface area contributed by atoms with Crippen molar-refractivity contribution in [3.63, 3.8) is 0 Å². The topological polar surface area (TPSA) is 136 Å². The summed E-state index contributed by atoms with van der Waals surface area (Å²) in [5.74, 6) is -2.22. The van der Waals surface area contributed by atoms with Crippen LogP contribution < -0.4 is 21.9 Å². The van der Waals surface area contributed by atoms with E-state index in [-0.39, 0.29) is 24.0 Å². The average Bonchev–Trinajstić information content (AvgIpc) is 2.69. The van der Waals surface area contributed by atoms with E-state index in [9.17, 15) is 23.6 Å². The Morgan fingerprint density at radius 1 is 1.10 bits per heavy atom. The van der Waals surface area contributed by atoms with E-state index in [1.807, 2.05) is 0 Å². The fourth-order valence-electron chi connectivity index (χ4n) is 2.57. The molecule has 0 aliphatic rings. The monoisotopic (exact) mass is 397 g/mol. The lowest BCUT2D eigenvalue weighted by Gasteiger charge is -2.09. The Balaban J connectivity index is 1.67. The number of benzene rings is 2. The second-order valence-electron chi connectivity index (χ2n) is 6.11. The van der Waals surface area contributed by atoms with Crippen molar-refractivity contribution in [2.45, 2.75) is 6.54 Å². The largest absolute Gasteiger partial charge is 0.368 e. The SMILES string of the molecule is NC(=O)CNC(=O)c1ccc(NC(=O)Cn2cnc3ccc(F)cc3c2=O)cc1. The molecule has 3 aromatic rings. The number of halogens is 1. The van der Waals surface area contributed by atoms with Crippen molar-refractivity contribution in [2.24, 2.45) is 5.73 Å². The minimum Gasteiger partial charge on any atom is -0.368 e. The first-order valence-corrected chi connectivity index (χ1v) is 8.44. The zero-order chi connectivity index (χ0) is 21.0. The van der Waals surface area contributed by atoms with E-state index in [2.05, 4.69) is 15.6 Å². The van der Waals surface area contributed by atoms with Gasteiger partial charge in [-0.2, -0.15) is 0 Å². The summed E-state index contributed by atoms with van der Waals surface area (Å²) >= 11 is 0. The third-order valence-corrected chi connectivity index (χ3v) is 3.95. The molecule has 0 fully saturated rings. The van der Waals surface area contributed by atoms with Gasteiger partial charge in [0.15, 0.2) is 0 Å². The van der Waals surface area contributed by atoms with E-state index in [0.717, 1.165) is 10.6 Å². The highest BCUT2D eigenvalue weighted by Crippen LogP contribution is 2.11. The number of rotatable bonds is 6. The van der Waals surface area contributed by atoms with Crippen LogP contribution in [0.25, 0.3) is 10.9 Å². The maximum Gasteiger partial charge on any atom is 0.261 e. The average molecular weight is 397 g/mol. The van der Waals surface area contributed by atoms with Crippen LogP contribution in [0.2, 0.25) is 0 Å². The number of nitrogens with two attached hydrogens (primary N) is 1. The quantitative estimate of drug-likeness (QED) is 0.553. The molecule has 9 nitrogen and oxygen atoms in total. The molecule has 0 atom stereocenters. The summed E-state index contributed by atoms with van der Waals surface area (Å²) in [5.41, 5.74) is 5.43. The standard InChI is InChI=1S/C19H16FN5O4/c20-12-3-6-15-14(7-12)19(29)25(10-23-15)9-17(27)24-13-4-1-11(2-5-13)18(28)22-8-16(21)26/h1-7,10H,8-9H2,(H2,21,26)(H,22,28)(H,24,27). The molecule has 0 aliphatic carbocycles. The van der Waals surface area contributed by atoms with Crippen LogP contribution in [0.1, 0.15) is 10.4 Å². The number of primary amides is 1. The molecule has 29 heavy (non-hydrogen) atoms. The molecule has 3 rings (SSSR count). The fraction of sp³-hybridized carbons (Fsp3) is 0.105. The van der Waals surface area contributed by atoms with Crippen molar-refractivity contribution in [2.75, 3.05) is 11.9 Å². The molecule has 1 aromatic heterocycles. The molecule has 0 saturated heterocycles. The van der Waals surface area contributed by atoms with Gasteiger partial charge in [-0.15, -0.1) is 0 Å². The molecule has 4 N–H and O–H groups in total. The second-order valence-corrected chi connectivity index (χ2v) is 6.11. The number of hydrogen-bond donors (Lipinski definition) is 3. The zero-order valence-corrected chi connectivity index (χ0v) is 15.0. The van der Waals surface area contributed by atoms with Gasteiger partial charge in [0, 0.05) is 11.3 Å². The van der Waals surface area contributed by atoms with Crippen LogP contribution in [0.3, 0.4) is 0 Å². The first-order valence-electron chi connectivity index (χ1n) is 8.44. The number of fused-ring (bicyclic) bond motifs is 1. The molecule has 2 aromatic carbocycles. The van der Waals surface area contributed by atoms with Crippen LogP contribution in [0, 0.1) is 5.82 Å². The van der Waals surface area contributed by atoms with Gasteiger partial charge in [-0.05, 0) is 42.5 Å². The number of anilines is 1. The smallest absolute Gasteiger partial charge is 0.261 e. The van der Waals surface area contributed by atoms with Gasteiger partial charge in [0.25, 0.3) is 11.5 Å². The summed E-state index contributed by atoms with van der Waals surface area (Å²) in [6, 6.07) is 9.56. The highest BCUT2D eigenvalue weighted by Gasteiger charge is 2.10. The van der Waals surface area contributed by atoms with Crippen LogP contribution in [0.15, 0.2) is 53.6 Å². The van der Waals surface area contributed by atoms with E-state index < -0.39 is 29.1 Å². The Bertz CT molecular complexity index is 1160. The maximum atomic E-state index is 13.4. The molecule has 0 bridgehead atoms. The van der Waals surface area contributed by atoms with Crippen molar-refractivity contribution in [3.8, 4) is 0 Å². The number of aromatic nitrogens is 2. The van der Waals surface area contributed by atoms with Crippen molar-refractivity contribution in [1.29, 1.82) is 0 Å². The molecule has 3 amide bonds. The van der Waals surface area contributed by atoms with Gasteiger partial charge >= 0.3 is 0 Å². The highest BCUT2D eigenvalue weighted by atomic mass is 19.1. The van der Waals surface area contributed by atoms with E-state index in [1.165, 1.54) is 42.7 Å². The highest BCUT2D eigenvalue weighted by molar-refractivity contribution is 5.97. The minimum absolute atomic E-state index is 0.0756. The van der Waals surface area contributed by atoms with Crippen LogP contribution in [0.5, 0.6) is 0 Å². The Labute approximate surface area is 163 Å². The van der Waals surface area contributed by atoms with Crippen molar-refractivity contribution < 1.29 is 18.8 Å². The molecule has 0 saturated carbocycles. The van der Waals surface area contributed by atoms with Gasteiger partial charge in [0.05, 0.1) is 23.8 Å². The third kappa shape index (κ3) is 4.80. The maximum absolute atomic E-state index is 13.4. The predicted octanol–water partition coefficient (Wildman–Crippen LogP) is 0.389. The number of carbonyl (C=O) groups excluding carboxylic acids is 3. The summed E-state index contributed by atoms with van der Waals surface area (Å²) < 4.78 is 14.4. The molecule has 0 aliphatic heterocycles. The molecule has 148 valence electrons. The first kappa shape index (κ1) is 19.7. The lowest BCUT2D eigenvalue weighted by atomic mass is 10.2. The summed E-state index contributed by atoms with van der Waals surface area (Å²) in [6.45, 7) is -0.602. The van der Waals surface area contributed by atoms with Crippen molar-refractivity contribution >= 4 is 34.3 Å². The van der Waals surface area contributed by atoms with Crippen molar-refractivity contribution in [3.05, 3.63) is 70.5 Å². The first-order chi connectivity index (χ1) is 13.8. The van der Waals surface area contributed by atoms with Gasteiger partial charge in [-0.1, -0.05) is 0 Å². The van der Waals surface area contributed by atoms with Gasteiger partial charge < -0.3 is 16.4 Å². The number of nitrogens with one attached hydrogen (secondary N) is 2. The fourth-order valence-corrected chi connectivity index (χ4v) is 2.57. The van der Waals surface area contributed by atoms with E-state index in [1.54, 1.807) is 0 Å². The second kappa shape index (κ2) is 8.30. The van der Waals surface area contributed by atoms with E-state index in [0.29, 0.717) is 11.2 Å². The van der Waals surface area contributed by atoms with Crippen LogP contribution in [-0.4, -0.2) is 33.8 Å². The molecule has 10 heteroatoms. The van der Waals surface area contributed by atoms with E-state index in [4.69, 9.17) is 5.73 Å². The van der Waals surface area contributed by atoms with Crippen LogP contribution in [-0.2, 0) is 16.1 Å². The number of amides is 3. The molecule has 0 radical (unpaired) electrons. The van der Waals surface area contributed by atoms with Gasteiger partial charge in [0.1, 0.15) is 12.4 Å². The molecule has 1 heterocycles. The normalized spacial score (nSPS) is 10.5. The van der Waals surface area contributed by atoms with Crippen molar-refractivity contribution in [1.82, 2.24) is 14.9 Å².